The molecule has 0 aromatic heterocycles. The maximum atomic E-state index is 10.3. The van der Waals surface area contributed by atoms with E-state index in [0.29, 0.717) is 5.30 Å². The fourth-order valence-electron chi connectivity index (χ4n) is 0.574. The Hall–Kier alpha value is -0.440. The van der Waals surface area contributed by atoms with Crippen molar-refractivity contribution in [2.24, 2.45) is 0 Å². The SMILES string of the molecule is C[S+](C)(C)=O.O=[PH]([O-])c1ccccc1. The van der Waals surface area contributed by atoms with Gasteiger partial charge in [0.2, 0.25) is 0 Å². The molecule has 1 aromatic rings. The van der Waals surface area contributed by atoms with Crippen molar-refractivity contribution in [1.29, 1.82) is 0 Å². The third kappa shape index (κ3) is 9.65. The summed E-state index contributed by atoms with van der Waals surface area (Å²) in [5.74, 6) is 0. The van der Waals surface area contributed by atoms with Gasteiger partial charge in [-0.05, 0) is 5.30 Å². The van der Waals surface area contributed by atoms with Crippen LogP contribution in [0.3, 0.4) is 0 Å². The lowest BCUT2D eigenvalue weighted by Crippen LogP contribution is -2.02. The molecule has 0 aliphatic heterocycles. The van der Waals surface area contributed by atoms with E-state index in [1.54, 1.807) is 49.1 Å². The van der Waals surface area contributed by atoms with E-state index >= 15 is 0 Å². The first-order valence-electron chi connectivity index (χ1n) is 3.96. The van der Waals surface area contributed by atoms with Crippen LogP contribution in [0.15, 0.2) is 30.3 Å². The maximum Gasteiger partial charge on any atom is 0.101 e. The fourth-order valence-corrected chi connectivity index (χ4v) is 1.04. The van der Waals surface area contributed by atoms with Crippen molar-refractivity contribution in [3.8, 4) is 0 Å². The molecule has 0 aliphatic carbocycles. The molecule has 3 nitrogen and oxygen atoms in total. The quantitative estimate of drug-likeness (QED) is 0.526. The van der Waals surface area contributed by atoms with E-state index in [1.807, 2.05) is 0 Å². The summed E-state index contributed by atoms with van der Waals surface area (Å²) in [6.45, 7) is 0. The van der Waals surface area contributed by atoms with E-state index in [9.17, 15) is 13.7 Å². The highest BCUT2D eigenvalue weighted by Crippen LogP contribution is 2.04. The molecule has 0 heterocycles. The van der Waals surface area contributed by atoms with Crippen molar-refractivity contribution < 1.29 is 13.7 Å². The average molecular weight is 234 g/mol. The van der Waals surface area contributed by atoms with Gasteiger partial charge in [0.15, 0.2) is 0 Å². The predicted molar refractivity (Wildman–Crippen MR) is 60.9 cm³/mol. The Balaban J connectivity index is 0.000000292. The minimum Gasteiger partial charge on any atom is -0.798 e. The minimum atomic E-state index is -2.71. The van der Waals surface area contributed by atoms with Crippen LogP contribution in [0.25, 0.3) is 0 Å². The van der Waals surface area contributed by atoms with Crippen LogP contribution in [0.2, 0.25) is 0 Å². The largest absolute Gasteiger partial charge is 0.798 e. The van der Waals surface area contributed by atoms with Gasteiger partial charge in [-0.3, -0.25) is 0 Å². The number of benzene rings is 1. The second-order valence-corrected chi connectivity index (χ2v) is 7.98. The van der Waals surface area contributed by atoms with Crippen molar-refractivity contribution in [2.75, 3.05) is 18.8 Å². The summed E-state index contributed by atoms with van der Waals surface area (Å²) in [5.41, 5.74) is 0. The monoisotopic (exact) mass is 234 g/mol. The first kappa shape index (κ1) is 13.6. The highest BCUT2D eigenvalue weighted by molar-refractivity contribution is 8.00. The summed E-state index contributed by atoms with van der Waals surface area (Å²) in [6.07, 6.45) is 5.15. The highest BCUT2D eigenvalue weighted by atomic mass is 32.2. The van der Waals surface area contributed by atoms with E-state index in [2.05, 4.69) is 0 Å². The van der Waals surface area contributed by atoms with Crippen LogP contribution in [-0.4, -0.2) is 18.8 Å². The van der Waals surface area contributed by atoms with Gasteiger partial charge in [-0.1, -0.05) is 30.3 Å². The van der Waals surface area contributed by atoms with Gasteiger partial charge in [0.25, 0.3) is 0 Å². The van der Waals surface area contributed by atoms with E-state index in [0.717, 1.165) is 0 Å². The smallest absolute Gasteiger partial charge is 0.101 e. The summed E-state index contributed by atoms with van der Waals surface area (Å²) in [7, 11) is -4.13. The molecule has 1 aromatic carbocycles. The Morgan fingerprint density at radius 3 is 1.71 bits per heavy atom. The van der Waals surface area contributed by atoms with Crippen LogP contribution in [-0.2, 0) is 18.7 Å². The van der Waals surface area contributed by atoms with Crippen LogP contribution >= 0.6 is 8.03 Å². The van der Waals surface area contributed by atoms with Crippen molar-refractivity contribution >= 4 is 23.3 Å². The van der Waals surface area contributed by atoms with Crippen molar-refractivity contribution in [3.63, 3.8) is 0 Å². The fraction of sp³-hybridized carbons (Fsp3) is 0.333. The van der Waals surface area contributed by atoms with Gasteiger partial charge in [-0.15, -0.1) is 4.21 Å². The second-order valence-electron chi connectivity index (χ2n) is 3.38. The average Bonchev–Trinajstić information content (AvgIpc) is 2.03. The van der Waals surface area contributed by atoms with Crippen LogP contribution in [0.4, 0.5) is 0 Å². The molecule has 14 heavy (non-hydrogen) atoms. The van der Waals surface area contributed by atoms with Gasteiger partial charge in [-0.2, -0.15) is 0 Å². The molecular formula is C9H15O3PS. The molecule has 0 bridgehead atoms. The summed E-state index contributed by atoms with van der Waals surface area (Å²) >= 11 is 0. The van der Waals surface area contributed by atoms with Crippen LogP contribution in [0.5, 0.6) is 0 Å². The second kappa shape index (κ2) is 6.12. The van der Waals surface area contributed by atoms with E-state index in [-0.39, 0.29) is 0 Å². The van der Waals surface area contributed by atoms with Crippen LogP contribution in [0, 0.1) is 0 Å². The third-order valence-corrected chi connectivity index (χ3v) is 1.81. The Kier molecular flexibility index (Phi) is 5.93. The summed E-state index contributed by atoms with van der Waals surface area (Å²) in [5, 5.41) is 0.405. The number of hydrogen-bond acceptors (Lipinski definition) is 3. The molecule has 0 saturated carbocycles. The van der Waals surface area contributed by atoms with Gasteiger partial charge in [0.1, 0.15) is 18.8 Å². The zero-order valence-electron chi connectivity index (χ0n) is 8.52. The van der Waals surface area contributed by atoms with Crippen LogP contribution < -0.4 is 10.2 Å². The van der Waals surface area contributed by atoms with Gasteiger partial charge in [0, 0.05) is 8.03 Å². The molecule has 0 amide bonds. The number of rotatable bonds is 1. The summed E-state index contributed by atoms with van der Waals surface area (Å²) < 4.78 is 20.5. The standard InChI is InChI=1S/C6H7O2P.C3H9OS/c7-9(8)6-4-2-1-3-5-6;1-5(2,3)4/h1-5,9H,(H,7,8);1-3H3/q;+1/p-1. The number of hydrogen-bond donors (Lipinski definition) is 0. The Labute approximate surface area is 86.5 Å². The topological polar surface area (TPSA) is 57.2 Å². The van der Waals surface area contributed by atoms with Crippen molar-refractivity contribution in [1.82, 2.24) is 0 Å². The lowest BCUT2D eigenvalue weighted by Gasteiger charge is -2.01. The molecular weight excluding hydrogens is 219 g/mol. The predicted octanol–water partition coefficient (Wildman–Crippen LogP) is 0.522. The van der Waals surface area contributed by atoms with Crippen molar-refractivity contribution in [3.05, 3.63) is 30.3 Å². The summed E-state index contributed by atoms with van der Waals surface area (Å²) in [4.78, 5) is 10.3. The zero-order valence-corrected chi connectivity index (χ0v) is 10.3. The molecule has 0 fully saturated rings. The lowest BCUT2D eigenvalue weighted by atomic mass is 10.4. The molecule has 5 heteroatoms. The molecule has 0 spiro atoms. The summed E-state index contributed by atoms with van der Waals surface area (Å²) in [6, 6.07) is 8.35. The van der Waals surface area contributed by atoms with E-state index in [4.69, 9.17) is 0 Å². The first-order valence-corrected chi connectivity index (χ1v) is 8.06. The van der Waals surface area contributed by atoms with Gasteiger partial charge >= 0.3 is 0 Å². The molecule has 0 aliphatic rings. The molecule has 80 valence electrons. The molecule has 1 atom stereocenters. The van der Waals surface area contributed by atoms with Crippen LogP contribution in [0.1, 0.15) is 0 Å². The highest BCUT2D eigenvalue weighted by Gasteiger charge is 1.95. The normalized spacial score (nSPS) is 12.6. The Bertz CT molecular complexity index is 323. The minimum absolute atomic E-state index is 0.405. The Morgan fingerprint density at radius 1 is 1.14 bits per heavy atom. The van der Waals surface area contributed by atoms with Gasteiger partial charge in [-0.25, -0.2) is 0 Å². The lowest BCUT2D eigenvalue weighted by molar-refractivity contribution is -0.160. The Morgan fingerprint density at radius 2 is 1.50 bits per heavy atom. The van der Waals surface area contributed by atoms with Gasteiger partial charge in [0.05, 0.1) is 9.93 Å². The third-order valence-electron chi connectivity index (χ3n) is 1.01. The van der Waals surface area contributed by atoms with Gasteiger partial charge < -0.3 is 9.46 Å². The molecule has 1 unspecified atom stereocenters. The van der Waals surface area contributed by atoms with Crippen molar-refractivity contribution in [2.45, 2.75) is 0 Å². The van der Waals surface area contributed by atoms with E-state index < -0.39 is 18.0 Å². The zero-order chi connectivity index (χ0) is 11.2. The van der Waals surface area contributed by atoms with E-state index in [1.165, 1.54) is 0 Å². The molecule has 0 N–H and O–H groups in total. The maximum absolute atomic E-state index is 10.3. The molecule has 0 saturated heterocycles. The molecule has 0 radical (unpaired) electrons. The first-order chi connectivity index (χ1) is 6.30. The molecule has 1 rings (SSSR count).